The maximum absolute atomic E-state index is 11.5. The number of amides is 1. The molecule has 1 heterocycles. The van der Waals surface area contributed by atoms with E-state index >= 15 is 0 Å². The maximum atomic E-state index is 11.5. The van der Waals surface area contributed by atoms with Gasteiger partial charge in [-0.3, -0.25) is 4.79 Å². The van der Waals surface area contributed by atoms with Crippen LogP contribution in [-0.4, -0.2) is 31.2 Å². The molecular weight excluding hydrogens is 180 g/mol. The summed E-state index contributed by atoms with van der Waals surface area (Å²) in [5.74, 6) is 0.398. The van der Waals surface area contributed by atoms with Crippen molar-refractivity contribution in [1.29, 1.82) is 0 Å². The van der Waals surface area contributed by atoms with Crippen LogP contribution in [0.5, 0.6) is 0 Å². The predicted molar refractivity (Wildman–Crippen MR) is 54.8 cm³/mol. The van der Waals surface area contributed by atoms with Crippen LogP contribution in [-0.2, 0) is 9.53 Å². The summed E-state index contributed by atoms with van der Waals surface area (Å²) in [6, 6.07) is -0.206. The van der Waals surface area contributed by atoms with Crippen molar-refractivity contribution < 1.29 is 9.53 Å². The Hall–Kier alpha value is -0.610. The van der Waals surface area contributed by atoms with Crippen LogP contribution in [0.25, 0.3) is 0 Å². The van der Waals surface area contributed by atoms with E-state index < -0.39 is 0 Å². The lowest BCUT2D eigenvalue weighted by Crippen LogP contribution is -2.46. The number of hydrogen-bond donors (Lipinski definition) is 2. The third kappa shape index (κ3) is 2.96. The third-order valence-electron chi connectivity index (χ3n) is 2.82. The number of ether oxygens (including phenoxy) is 1. The Morgan fingerprint density at radius 3 is 2.93 bits per heavy atom. The van der Waals surface area contributed by atoms with E-state index in [0.29, 0.717) is 12.3 Å². The summed E-state index contributed by atoms with van der Waals surface area (Å²) >= 11 is 0. The summed E-state index contributed by atoms with van der Waals surface area (Å²) in [5.41, 5.74) is 5.62. The molecule has 0 aliphatic carbocycles. The van der Waals surface area contributed by atoms with Crippen molar-refractivity contribution in [3.8, 4) is 0 Å². The molecule has 3 N–H and O–H groups in total. The van der Waals surface area contributed by atoms with E-state index in [-0.39, 0.29) is 18.0 Å². The molecule has 4 nitrogen and oxygen atoms in total. The molecule has 0 aromatic rings. The van der Waals surface area contributed by atoms with E-state index in [2.05, 4.69) is 5.32 Å². The molecule has 1 amide bonds. The van der Waals surface area contributed by atoms with Crippen molar-refractivity contribution in [2.24, 2.45) is 11.7 Å². The van der Waals surface area contributed by atoms with Crippen LogP contribution in [0.15, 0.2) is 0 Å². The van der Waals surface area contributed by atoms with Crippen LogP contribution >= 0.6 is 0 Å². The minimum Gasteiger partial charge on any atom is -0.381 e. The average Bonchev–Trinajstić information content (AvgIpc) is 2.69. The summed E-state index contributed by atoms with van der Waals surface area (Å²) in [4.78, 5) is 11.5. The van der Waals surface area contributed by atoms with Gasteiger partial charge in [0.05, 0.1) is 12.6 Å². The second-order valence-electron chi connectivity index (χ2n) is 3.94. The average molecular weight is 200 g/mol. The largest absolute Gasteiger partial charge is 0.381 e. The van der Waals surface area contributed by atoms with Crippen LogP contribution in [0, 0.1) is 5.92 Å². The molecule has 0 radical (unpaired) electrons. The Kier molecular flexibility index (Phi) is 4.35. The summed E-state index contributed by atoms with van der Waals surface area (Å²) in [7, 11) is 0. The fraction of sp³-hybridized carbons (Fsp3) is 0.900. The monoisotopic (exact) mass is 200 g/mol. The van der Waals surface area contributed by atoms with Crippen LogP contribution in [0.3, 0.4) is 0 Å². The molecule has 14 heavy (non-hydrogen) atoms. The lowest BCUT2D eigenvalue weighted by atomic mass is 10.0. The van der Waals surface area contributed by atoms with Gasteiger partial charge in [0.1, 0.15) is 0 Å². The first-order valence-corrected chi connectivity index (χ1v) is 5.28. The van der Waals surface area contributed by atoms with E-state index in [1.54, 1.807) is 0 Å². The predicted octanol–water partition coefficient (Wildman–Crippen LogP) is 0.265. The zero-order chi connectivity index (χ0) is 10.6. The quantitative estimate of drug-likeness (QED) is 0.684. The summed E-state index contributed by atoms with van der Waals surface area (Å²) in [5, 5.41) is 2.93. The molecule has 1 aliphatic rings. The molecule has 0 aromatic heterocycles. The van der Waals surface area contributed by atoms with Crippen LogP contribution < -0.4 is 11.1 Å². The molecule has 3 atom stereocenters. The smallest absolute Gasteiger partial charge is 0.237 e. The van der Waals surface area contributed by atoms with Gasteiger partial charge in [-0.05, 0) is 19.8 Å². The normalized spacial score (nSPS) is 25.8. The first kappa shape index (κ1) is 11.5. The van der Waals surface area contributed by atoms with Crippen LogP contribution in [0.4, 0.5) is 0 Å². The van der Waals surface area contributed by atoms with E-state index in [0.717, 1.165) is 19.6 Å². The van der Waals surface area contributed by atoms with Gasteiger partial charge in [0.25, 0.3) is 0 Å². The van der Waals surface area contributed by atoms with Gasteiger partial charge in [0.15, 0.2) is 0 Å². The van der Waals surface area contributed by atoms with Crippen LogP contribution in [0.1, 0.15) is 26.7 Å². The van der Waals surface area contributed by atoms with Gasteiger partial charge >= 0.3 is 0 Å². The molecular formula is C10H20N2O2. The zero-order valence-electron chi connectivity index (χ0n) is 8.95. The highest BCUT2D eigenvalue weighted by Crippen LogP contribution is 2.16. The van der Waals surface area contributed by atoms with Gasteiger partial charge in [0, 0.05) is 18.6 Å². The van der Waals surface area contributed by atoms with Crippen molar-refractivity contribution in [3.05, 3.63) is 0 Å². The topological polar surface area (TPSA) is 64.4 Å². The first-order valence-electron chi connectivity index (χ1n) is 5.28. The molecule has 0 spiro atoms. The molecule has 82 valence electrons. The first-order chi connectivity index (χ1) is 6.65. The Labute approximate surface area is 85.2 Å². The Bertz CT molecular complexity index is 191. The maximum Gasteiger partial charge on any atom is 0.237 e. The van der Waals surface area contributed by atoms with Gasteiger partial charge in [-0.25, -0.2) is 0 Å². The van der Waals surface area contributed by atoms with Crippen molar-refractivity contribution in [3.63, 3.8) is 0 Å². The molecule has 0 aromatic carbocycles. The SMILES string of the molecule is CC[C@H](N)C(=O)NC(C)C1CCOC1. The van der Waals surface area contributed by atoms with Gasteiger partial charge in [0.2, 0.25) is 5.91 Å². The lowest BCUT2D eigenvalue weighted by Gasteiger charge is -2.21. The zero-order valence-corrected chi connectivity index (χ0v) is 8.95. The molecule has 1 aliphatic heterocycles. The fourth-order valence-electron chi connectivity index (χ4n) is 1.58. The van der Waals surface area contributed by atoms with Gasteiger partial charge in [-0.2, -0.15) is 0 Å². The highest BCUT2D eigenvalue weighted by Gasteiger charge is 2.24. The highest BCUT2D eigenvalue weighted by atomic mass is 16.5. The summed E-state index contributed by atoms with van der Waals surface area (Å²) in [6.07, 6.45) is 1.71. The molecule has 1 rings (SSSR count). The number of carbonyl (C=O) groups excluding carboxylic acids is 1. The number of rotatable bonds is 4. The van der Waals surface area contributed by atoms with E-state index in [9.17, 15) is 4.79 Å². The number of nitrogens with two attached hydrogens (primary N) is 1. The Morgan fingerprint density at radius 2 is 2.43 bits per heavy atom. The van der Waals surface area contributed by atoms with Crippen molar-refractivity contribution in [1.82, 2.24) is 5.32 Å². The summed E-state index contributed by atoms with van der Waals surface area (Å²) < 4.78 is 5.26. The van der Waals surface area contributed by atoms with E-state index in [4.69, 9.17) is 10.5 Å². The van der Waals surface area contributed by atoms with Crippen molar-refractivity contribution >= 4 is 5.91 Å². The lowest BCUT2D eigenvalue weighted by molar-refractivity contribution is -0.123. The number of hydrogen-bond acceptors (Lipinski definition) is 3. The standard InChI is InChI=1S/C10H20N2O2/c1-3-9(11)10(13)12-7(2)8-4-5-14-6-8/h7-9H,3-6,11H2,1-2H3,(H,12,13)/t7?,8?,9-/m0/s1. The molecule has 0 bridgehead atoms. The molecule has 1 saturated heterocycles. The number of nitrogens with one attached hydrogen (secondary N) is 1. The number of carbonyl (C=O) groups is 1. The molecule has 0 saturated carbocycles. The second-order valence-corrected chi connectivity index (χ2v) is 3.94. The van der Waals surface area contributed by atoms with E-state index in [1.807, 2.05) is 13.8 Å². The highest BCUT2D eigenvalue weighted by molar-refractivity contribution is 5.81. The van der Waals surface area contributed by atoms with Gasteiger partial charge < -0.3 is 15.8 Å². The summed E-state index contributed by atoms with van der Waals surface area (Å²) in [6.45, 7) is 5.49. The van der Waals surface area contributed by atoms with E-state index in [1.165, 1.54) is 0 Å². The van der Waals surface area contributed by atoms with Crippen molar-refractivity contribution in [2.45, 2.75) is 38.8 Å². The third-order valence-corrected chi connectivity index (χ3v) is 2.82. The van der Waals surface area contributed by atoms with Crippen molar-refractivity contribution in [2.75, 3.05) is 13.2 Å². The fourth-order valence-corrected chi connectivity index (χ4v) is 1.58. The minimum absolute atomic E-state index is 0.0492. The molecule has 2 unspecified atom stereocenters. The van der Waals surface area contributed by atoms with Crippen LogP contribution in [0.2, 0.25) is 0 Å². The second kappa shape index (κ2) is 5.32. The van der Waals surface area contributed by atoms with Gasteiger partial charge in [-0.15, -0.1) is 0 Å². The molecule has 1 fully saturated rings. The van der Waals surface area contributed by atoms with Gasteiger partial charge in [-0.1, -0.05) is 6.92 Å². The molecule has 4 heteroatoms. The minimum atomic E-state index is -0.375. The Morgan fingerprint density at radius 1 is 1.71 bits per heavy atom. The Balaban J connectivity index is 2.31.